The largest absolute Gasteiger partial charge is 0.373 e. The van der Waals surface area contributed by atoms with Crippen LogP contribution in [0.2, 0.25) is 0 Å². The van der Waals surface area contributed by atoms with Gasteiger partial charge in [0.15, 0.2) is 0 Å². The Hall–Kier alpha value is -3.68. The molecule has 0 aliphatic heterocycles. The fraction of sp³-hybridized carbons (Fsp3) is 0.227. The van der Waals surface area contributed by atoms with E-state index in [4.69, 9.17) is 0 Å². The Labute approximate surface area is 173 Å². The minimum Gasteiger partial charge on any atom is -0.373 e. The number of alkyl halides is 1. The number of aryl methyl sites for hydroxylation is 1. The zero-order valence-corrected chi connectivity index (χ0v) is 16.9. The van der Waals surface area contributed by atoms with Crippen molar-refractivity contribution in [3.8, 4) is 0 Å². The molecule has 0 atom stereocenters. The zero-order valence-electron chi connectivity index (χ0n) is 16.9. The molecule has 3 rings (SSSR count). The van der Waals surface area contributed by atoms with Gasteiger partial charge in [0, 0.05) is 48.2 Å². The Morgan fingerprint density at radius 2 is 2.00 bits per heavy atom. The first-order chi connectivity index (χ1) is 14.5. The smallest absolute Gasteiger partial charge is 0.323 e. The summed E-state index contributed by atoms with van der Waals surface area (Å²) in [4.78, 5) is 29.3. The molecule has 1 aromatic carbocycles. The van der Waals surface area contributed by atoms with E-state index < -0.39 is 12.7 Å². The molecule has 3 N–H and O–H groups in total. The van der Waals surface area contributed by atoms with E-state index in [0.29, 0.717) is 23.6 Å². The number of para-hydroxylation sites is 1. The van der Waals surface area contributed by atoms with E-state index in [0.717, 1.165) is 10.9 Å². The highest BCUT2D eigenvalue weighted by Crippen LogP contribution is 2.17. The number of nitrogens with zero attached hydrogens (tertiary/aromatic N) is 2. The van der Waals surface area contributed by atoms with Crippen LogP contribution >= 0.6 is 0 Å². The number of hydrogen-bond donors (Lipinski definition) is 3. The van der Waals surface area contributed by atoms with Crippen LogP contribution in [-0.2, 0) is 13.0 Å². The molecular weight excluding hydrogens is 385 g/mol. The molecule has 2 heterocycles. The van der Waals surface area contributed by atoms with Crippen LogP contribution in [-0.4, -0.2) is 29.3 Å². The second kappa shape index (κ2) is 9.69. The number of fused-ring (bicyclic) bond motifs is 1. The summed E-state index contributed by atoms with van der Waals surface area (Å²) in [5, 5.41) is 8.90. The Bertz CT molecular complexity index is 1130. The second-order valence-corrected chi connectivity index (χ2v) is 6.61. The van der Waals surface area contributed by atoms with Crippen molar-refractivity contribution in [2.45, 2.75) is 19.9 Å². The SMILES string of the molecule is CCn1c(=O)c(C/C=C(\CF)NC(=O)Nc2ccccc2)cc2cnc(NC)cc21. The van der Waals surface area contributed by atoms with Crippen LogP contribution in [0.3, 0.4) is 0 Å². The van der Waals surface area contributed by atoms with E-state index in [1.807, 2.05) is 19.1 Å². The van der Waals surface area contributed by atoms with E-state index in [2.05, 4.69) is 20.9 Å². The molecule has 3 aromatic rings. The first-order valence-electron chi connectivity index (χ1n) is 9.64. The van der Waals surface area contributed by atoms with Gasteiger partial charge in [-0.15, -0.1) is 0 Å². The lowest BCUT2D eigenvalue weighted by Gasteiger charge is -2.12. The highest BCUT2D eigenvalue weighted by Gasteiger charge is 2.10. The van der Waals surface area contributed by atoms with E-state index in [-0.39, 0.29) is 17.7 Å². The summed E-state index contributed by atoms with van der Waals surface area (Å²) in [5.74, 6) is 0.671. The van der Waals surface area contributed by atoms with Gasteiger partial charge in [0.05, 0.1) is 5.52 Å². The number of halogens is 1. The predicted molar refractivity (Wildman–Crippen MR) is 118 cm³/mol. The summed E-state index contributed by atoms with van der Waals surface area (Å²) in [5.41, 5.74) is 1.82. The number of carbonyl (C=O) groups is 1. The summed E-state index contributed by atoms with van der Waals surface area (Å²) in [6.07, 6.45) is 3.40. The van der Waals surface area contributed by atoms with E-state index >= 15 is 0 Å². The molecule has 7 nitrogen and oxygen atoms in total. The van der Waals surface area contributed by atoms with Gasteiger partial charge < -0.3 is 20.5 Å². The quantitative estimate of drug-likeness (QED) is 0.556. The fourth-order valence-electron chi connectivity index (χ4n) is 3.13. The van der Waals surface area contributed by atoms with E-state index in [9.17, 15) is 14.0 Å². The molecule has 2 aromatic heterocycles. The first kappa shape index (κ1) is 21.0. The van der Waals surface area contributed by atoms with Crippen molar-refractivity contribution in [2.75, 3.05) is 24.4 Å². The van der Waals surface area contributed by atoms with Crippen LogP contribution in [0.4, 0.5) is 20.7 Å². The summed E-state index contributed by atoms with van der Waals surface area (Å²) in [6, 6.07) is 11.9. The molecule has 8 heteroatoms. The van der Waals surface area contributed by atoms with Crippen molar-refractivity contribution in [2.24, 2.45) is 0 Å². The molecule has 0 spiro atoms. The standard InChI is InChI=1S/C22H24FN5O2/c1-3-28-19-12-20(24-2)25-14-16(19)11-15(21(28)29)9-10-18(13-23)27-22(30)26-17-7-5-4-6-8-17/h4-8,10-12,14H,3,9,13H2,1-2H3,(H,24,25)(H2,26,27,30)/b18-10+. The fourth-order valence-corrected chi connectivity index (χ4v) is 3.13. The number of urea groups is 1. The minimum absolute atomic E-state index is 0.0923. The lowest BCUT2D eigenvalue weighted by Crippen LogP contribution is -2.29. The lowest BCUT2D eigenvalue weighted by molar-refractivity contribution is 0.253. The van der Waals surface area contributed by atoms with Crippen molar-refractivity contribution in [3.05, 3.63) is 76.4 Å². The molecule has 0 fully saturated rings. The molecule has 30 heavy (non-hydrogen) atoms. The highest BCUT2D eigenvalue weighted by molar-refractivity contribution is 5.90. The van der Waals surface area contributed by atoms with Crippen LogP contribution in [0, 0.1) is 0 Å². The van der Waals surface area contributed by atoms with E-state index in [1.54, 1.807) is 48.1 Å². The summed E-state index contributed by atoms with van der Waals surface area (Å²) >= 11 is 0. The topological polar surface area (TPSA) is 88.1 Å². The van der Waals surface area contributed by atoms with Gasteiger partial charge in [0.25, 0.3) is 5.56 Å². The Morgan fingerprint density at radius 1 is 1.23 bits per heavy atom. The molecule has 0 aliphatic rings. The van der Waals surface area contributed by atoms with Crippen LogP contribution < -0.4 is 21.5 Å². The van der Waals surface area contributed by atoms with Crippen molar-refractivity contribution in [1.82, 2.24) is 14.9 Å². The van der Waals surface area contributed by atoms with Crippen LogP contribution in [0.5, 0.6) is 0 Å². The average Bonchev–Trinajstić information content (AvgIpc) is 2.77. The zero-order chi connectivity index (χ0) is 21.5. The molecule has 0 aliphatic carbocycles. The molecule has 156 valence electrons. The van der Waals surface area contributed by atoms with Crippen molar-refractivity contribution < 1.29 is 9.18 Å². The number of pyridine rings is 2. The lowest BCUT2D eigenvalue weighted by atomic mass is 10.1. The van der Waals surface area contributed by atoms with E-state index in [1.165, 1.54) is 6.08 Å². The molecule has 2 amide bonds. The Kier molecular flexibility index (Phi) is 6.79. The summed E-state index contributed by atoms with van der Waals surface area (Å²) in [6.45, 7) is 1.53. The minimum atomic E-state index is -0.856. The molecule has 0 saturated heterocycles. The predicted octanol–water partition coefficient (Wildman–Crippen LogP) is 3.68. The average molecular weight is 409 g/mol. The van der Waals surface area contributed by atoms with Gasteiger partial charge in [-0.1, -0.05) is 24.3 Å². The summed E-state index contributed by atoms with van der Waals surface area (Å²) < 4.78 is 15.1. The number of allylic oxidation sites excluding steroid dienone is 2. The number of rotatable bonds is 7. The number of amides is 2. The maximum atomic E-state index is 13.4. The highest BCUT2D eigenvalue weighted by atomic mass is 19.1. The van der Waals surface area contributed by atoms with Crippen LogP contribution in [0.1, 0.15) is 12.5 Å². The van der Waals surface area contributed by atoms with Gasteiger partial charge in [-0.2, -0.15) is 0 Å². The van der Waals surface area contributed by atoms with Crippen LogP contribution in [0.15, 0.2) is 65.2 Å². The molecule has 0 saturated carbocycles. The number of carbonyl (C=O) groups excluding carboxylic acids is 1. The maximum Gasteiger partial charge on any atom is 0.323 e. The van der Waals surface area contributed by atoms with Gasteiger partial charge in [0.1, 0.15) is 12.5 Å². The van der Waals surface area contributed by atoms with Crippen molar-refractivity contribution in [3.63, 3.8) is 0 Å². The van der Waals surface area contributed by atoms with Gasteiger partial charge in [0.2, 0.25) is 0 Å². The third-order valence-corrected chi connectivity index (χ3v) is 4.64. The first-order valence-corrected chi connectivity index (χ1v) is 9.64. The normalized spacial score (nSPS) is 11.4. The Balaban J connectivity index is 1.81. The number of aromatic nitrogens is 2. The van der Waals surface area contributed by atoms with Gasteiger partial charge in [-0.05, 0) is 31.5 Å². The monoisotopic (exact) mass is 409 g/mol. The number of benzene rings is 1. The molecular formula is C22H24FN5O2. The second-order valence-electron chi connectivity index (χ2n) is 6.61. The number of anilines is 2. The molecule has 0 radical (unpaired) electrons. The molecule has 0 unspecified atom stereocenters. The van der Waals surface area contributed by atoms with Crippen molar-refractivity contribution in [1.29, 1.82) is 0 Å². The number of hydrogen-bond acceptors (Lipinski definition) is 4. The number of nitrogens with one attached hydrogen (secondary N) is 3. The third kappa shape index (κ3) is 4.83. The third-order valence-electron chi connectivity index (χ3n) is 4.64. The van der Waals surface area contributed by atoms with Crippen LogP contribution in [0.25, 0.3) is 10.9 Å². The van der Waals surface area contributed by atoms with Gasteiger partial charge >= 0.3 is 6.03 Å². The summed E-state index contributed by atoms with van der Waals surface area (Å²) in [7, 11) is 1.77. The van der Waals surface area contributed by atoms with Crippen molar-refractivity contribution >= 4 is 28.4 Å². The van der Waals surface area contributed by atoms with Gasteiger partial charge in [-0.25, -0.2) is 14.2 Å². The Morgan fingerprint density at radius 3 is 2.67 bits per heavy atom. The molecule has 0 bridgehead atoms. The maximum absolute atomic E-state index is 13.4. The van der Waals surface area contributed by atoms with Gasteiger partial charge in [-0.3, -0.25) is 4.79 Å².